The topological polar surface area (TPSA) is 104 Å². The molecule has 1 aromatic heterocycles. The third-order valence-corrected chi connectivity index (χ3v) is 7.46. The normalized spacial score (nSPS) is 18.1. The van der Waals surface area contributed by atoms with Crippen LogP contribution in [0.2, 0.25) is 0 Å². The Morgan fingerprint density at radius 3 is 2.79 bits per heavy atom. The number of fused-ring (bicyclic) bond motifs is 1. The number of benzene rings is 2. The molecule has 0 amide bonds. The highest BCUT2D eigenvalue weighted by molar-refractivity contribution is 8.19. The maximum Gasteiger partial charge on any atom is 0.231 e. The van der Waals surface area contributed by atoms with Gasteiger partial charge in [-0.15, -0.1) is 21.5 Å². The van der Waals surface area contributed by atoms with E-state index in [1.54, 1.807) is 13.2 Å². The van der Waals surface area contributed by atoms with E-state index in [9.17, 15) is 4.79 Å². The minimum Gasteiger partial charge on any atom is -0.493 e. The number of carbonyl (C=O) groups excluding carboxylic acids is 1. The number of rotatable bonds is 7. The molecule has 0 radical (unpaired) electrons. The van der Waals surface area contributed by atoms with E-state index in [0.717, 1.165) is 40.1 Å². The van der Waals surface area contributed by atoms with Crippen molar-refractivity contribution in [2.75, 3.05) is 13.9 Å². The number of carbonyl (C=O) groups is 1. The van der Waals surface area contributed by atoms with Crippen molar-refractivity contribution in [3.8, 4) is 23.0 Å². The van der Waals surface area contributed by atoms with Crippen LogP contribution in [0.15, 0.2) is 41.3 Å². The lowest BCUT2D eigenvalue weighted by atomic mass is 10.1. The SMILES string of the molecule is CCc1nnc([C@@H]2C(=N)S/C(=C\c3ccc(OCc4ccc5c(c4)OCO5)c(OC)c3)C2=O)s1. The third kappa shape index (κ3) is 4.38. The van der Waals surface area contributed by atoms with Crippen LogP contribution in [0, 0.1) is 5.41 Å². The van der Waals surface area contributed by atoms with Gasteiger partial charge < -0.3 is 18.9 Å². The second kappa shape index (κ2) is 9.47. The van der Waals surface area contributed by atoms with Gasteiger partial charge in [0, 0.05) is 0 Å². The summed E-state index contributed by atoms with van der Waals surface area (Å²) in [5.74, 6) is 1.77. The van der Waals surface area contributed by atoms with Crippen LogP contribution in [0.4, 0.5) is 0 Å². The number of ketones is 1. The molecule has 2 aliphatic heterocycles. The Kier molecular flexibility index (Phi) is 6.25. The minimum atomic E-state index is -0.666. The quantitative estimate of drug-likeness (QED) is 0.465. The van der Waals surface area contributed by atoms with Crippen molar-refractivity contribution in [2.45, 2.75) is 25.9 Å². The number of Topliss-reactive ketones (excluding diaryl/α,β-unsaturated/α-hetero) is 1. The average molecular weight is 496 g/mol. The highest BCUT2D eigenvalue weighted by Gasteiger charge is 2.39. The van der Waals surface area contributed by atoms with E-state index in [4.69, 9.17) is 24.4 Å². The van der Waals surface area contributed by atoms with Crippen molar-refractivity contribution >= 4 is 40.0 Å². The van der Waals surface area contributed by atoms with Crippen LogP contribution in [0.5, 0.6) is 23.0 Å². The van der Waals surface area contributed by atoms with Gasteiger partial charge in [-0.3, -0.25) is 10.2 Å². The maximum absolute atomic E-state index is 13.0. The van der Waals surface area contributed by atoms with E-state index in [-0.39, 0.29) is 17.6 Å². The van der Waals surface area contributed by atoms with Crippen LogP contribution in [-0.4, -0.2) is 34.9 Å². The number of allylic oxidation sites excluding steroid dienone is 1. The Balaban J connectivity index is 1.31. The molecule has 5 rings (SSSR count). The molecule has 2 aliphatic rings. The number of hydrogen-bond acceptors (Lipinski definition) is 10. The summed E-state index contributed by atoms with van der Waals surface area (Å²) in [5.41, 5.74) is 1.72. The van der Waals surface area contributed by atoms with Crippen LogP contribution in [0.1, 0.15) is 34.0 Å². The molecule has 174 valence electrons. The first-order chi connectivity index (χ1) is 16.6. The van der Waals surface area contributed by atoms with Gasteiger partial charge in [-0.1, -0.05) is 30.8 Å². The van der Waals surface area contributed by atoms with E-state index in [1.807, 2.05) is 43.3 Å². The molecule has 0 spiro atoms. The van der Waals surface area contributed by atoms with Crippen LogP contribution in [0.3, 0.4) is 0 Å². The van der Waals surface area contributed by atoms with Crippen LogP contribution < -0.4 is 18.9 Å². The third-order valence-electron chi connectivity index (χ3n) is 5.34. The first kappa shape index (κ1) is 22.4. The first-order valence-electron chi connectivity index (χ1n) is 10.6. The van der Waals surface area contributed by atoms with Crippen molar-refractivity contribution in [3.63, 3.8) is 0 Å². The number of thioether (sulfide) groups is 1. The number of aromatic nitrogens is 2. The minimum absolute atomic E-state index is 0.129. The van der Waals surface area contributed by atoms with Gasteiger partial charge in [0.25, 0.3) is 0 Å². The molecule has 0 unspecified atom stereocenters. The van der Waals surface area contributed by atoms with Crippen LogP contribution in [0.25, 0.3) is 6.08 Å². The molecule has 1 fully saturated rings. The number of methoxy groups -OCH3 is 1. The number of ether oxygens (including phenoxy) is 4. The predicted octanol–water partition coefficient (Wildman–Crippen LogP) is 4.83. The van der Waals surface area contributed by atoms with E-state index in [2.05, 4.69) is 10.2 Å². The summed E-state index contributed by atoms with van der Waals surface area (Å²) >= 11 is 2.55. The largest absolute Gasteiger partial charge is 0.493 e. The Morgan fingerprint density at radius 2 is 2.00 bits per heavy atom. The summed E-state index contributed by atoms with van der Waals surface area (Å²) in [6.45, 7) is 2.55. The van der Waals surface area contributed by atoms with Gasteiger partial charge in [0.1, 0.15) is 22.5 Å². The molecule has 3 heterocycles. The second-order valence-electron chi connectivity index (χ2n) is 7.55. The van der Waals surface area contributed by atoms with Gasteiger partial charge in [-0.05, 0) is 47.9 Å². The van der Waals surface area contributed by atoms with Gasteiger partial charge in [-0.2, -0.15) is 0 Å². The molecular formula is C24H21N3O5S2. The number of nitrogens with zero attached hydrogens (tertiary/aromatic N) is 2. The Labute approximate surface area is 204 Å². The van der Waals surface area contributed by atoms with Gasteiger partial charge in [0.2, 0.25) is 6.79 Å². The Morgan fingerprint density at radius 1 is 1.15 bits per heavy atom. The van der Waals surface area contributed by atoms with E-state index in [0.29, 0.717) is 33.8 Å². The van der Waals surface area contributed by atoms with Gasteiger partial charge >= 0.3 is 0 Å². The number of nitrogens with one attached hydrogen (secondary N) is 1. The van der Waals surface area contributed by atoms with Crippen molar-refractivity contribution in [2.24, 2.45) is 0 Å². The summed E-state index contributed by atoms with van der Waals surface area (Å²) in [7, 11) is 1.57. The summed E-state index contributed by atoms with van der Waals surface area (Å²) in [6, 6.07) is 11.2. The number of aryl methyl sites for hydroxylation is 1. The monoisotopic (exact) mass is 495 g/mol. The Bertz CT molecular complexity index is 1300. The molecule has 8 nitrogen and oxygen atoms in total. The molecular weight excluding hydrogens is 474 g/mol. The van der Waals surface area contributed by atoms with Gasteiger partial charge in [0.05, 0.1) is 17.1 Å². The molecule has 34 heavy (non-hydrogen) atoms. The molecule has 10 heteroatoms. The van der Waals surface area contributed by atoms with Gasteiger partial charge in [0.15, 0.2) is 28.8 Å². The van der Waals surface area contributed by atoms with E-state index in [1.165, 1.54) is 11.3 Å². The molecule has 1 atom stereocenters. The fraction of sp³-hybridized carbons (Fsp3) is 0.250. The lowest BCUT2D eigenvalue weighted by molar-refractivity contribution is -0.114. The lowest BCUT2D eigenvalue weighted by Gasteiger charge is -2.12. The van der Waals surface area contributed by atoms with E-state index >= 15 is 0 Å². The highest BCUT2D eigenvalue weighted by atomic mass is 32.2. The molecule has 3 aromatic rings. The molecule has 0 aliphatic carbocycles. The van der Waals surface area contributed by atoms with Gasteiger partial charge in [-0.25, -0.2) is 0 Å². The zero-order valence-electron chi connectivity index (χ0n) is 18.5. The highest BCUT2D eigenvalue weighted by Crippen LogP contribution is 2.42. The molecule has 0 bridgehead atoms. The summed E-state index contributed by atoms with van der Waals surface area (Å²) in [6.07, 6.45) is 2.53. The summed E-state index contributed by atoms with van der Waals surface area (Å²) < 4.78 is 22.2. The number of hydrogen-bond donors (Lipinski definition) is 1. The summed E-state index contributed by atoms with van der Waals surface area (Å²) in [5, 5.41) is 18.2. The van der Waals surface area contributed by atoms with Crippen LogP contribution in [-0.2, 0) is 17.8 Å². The van der Waals surface area contributed by atoms with Crippen molar-refractivity contribution in [1.82, 2.24) is 10.2 Å². The molecule has 1 N–H and O–H groups in total. The second-order valence-corrected chi connectivity index (χ2v) is 9.72. The first-order valence-corrected chi connectivity index (χ1v) is 12.2. The fourth-order valence-corrected chi connectivity index (χ4v) is 5.53. The van der Waals surface area contributed by atoms with Crippen molar-refractivity contribution in [1.29, 1.82) is 5.41 Å². The molecule has 2 aromatic carbocycles. The van der Waals surface area contributed by atoms with Crippen molar-refractivity contribution in [3.05, 3.63) is 62.4 Å². The standard InChI is InChI=1S/C24H21N3O5S2/c1-3-20-26-27-24(34-20)21-22(28)19(33-23(21)25)10-13-4-6-15(17(8-13)29-2)30-11-14-5-7-16-18(9-14)32-12-31-16/h4-10,21,25H,3,11-12H2,1-2H3/b19-10-,25-23?/t21-/m0/s1. The van der Waals surface area contributed by atoms with E-state index < -0.39 is 5.92 Å². The summed E-state index contributed by atoms with van der Waals surface area (Å²) in [4.78, 5) is 13.5. The predicted molar refractivity (Wildman–Crippen MR) is 130 cm³/mol. The fourth-order valence-electron chi connectivity index (χ4n) is 3.58. The van der Waals surface area contributed by atoms with Crippen molar-refractivity contribution < 1.29 is 23.7 Å². The maximum atomic E-state index is 13.0. The molecule has 0 saturated carbocycles. The average Bonchev–Trinajstić information content (AvgIpc) is 3.57. The Hall–Kier alpha value is -3.37. The smallest absolute Gasteiger partial charge is 0.231 e. The van der Waals surface area contributed by atoms with Crippen LogP contribution >= 0.6 is 23.1 Å². The zero-order valence-corrected chi connectivity index (χ0v) is 20.1. The zero-order chi connectivity index (χ0) is 23.7. The lowest BCUT2D eigenvalue weighted by Crippen LogP contribution is -2.11. The molecule has 1 saturated heterocycles.